The Kier molecular flexibility index (Phi) is 5.54. The highest BCUT2D eigenvalue weighted by Gasteiger charge is 2.18. The minimum absolute atomic E-state index is 0.0581. The van der Waals surface area contributed by atoms with Crippen LogP contribution in [0.5, 0.6) is 0 Å². The third-order valence-electron chi connectivity index (χ3n) is 3.18. The van der Waals surface area contributed by atoms with Gasteiger partial charge in [0.25, 0.3) is 0 Å². The molecule has 0 fully saturated rings. The lowest BCUT2D eigenvalue weighted by Crippen LogP contribution is -2.23. The Morgan fingerprint density at radius 1 is 1.40 bits per heavy atom. The van der Waals surface area contributed by atoms with Crippen molar-refractivity contribution in [3.63, 3.8) is 0 Å². The summed E-state index contributed by atoms with van der Waals surface area (Å²) in [5.74, 6) is -0.198. The van der Waals surface area contributed by atoms with Crippen LogP contribution < -0.4 is 5.32 Å². The molecule has 1 atom stereocenters. The molecule has 0 amide bonds. The number of nitrogens with zero attached hydrogens (tertiary/aromatic N) is 2. The molecule has 0 saturated carbocycles. The van der Waals surface area contributed by atoms with Crippen LogP contribution >= 0.6 is 22.6 Å². The molecule has 0 saturated heterocycles. The van der Waals surface area contributed by atoms with Crippen LogP contribution in [0.3, 0.4) is 0 Å². The first kappa shape index (κ1) is 15.4. The number of hydrogen-bond acceptors (Lipinski definition) is 2. The van der Waals surface area contributed by atoms with Crippen LogP contribution in [-0.2, 0) is 6.54 Å². The Labute approximate surface area is 132 Å². The third kappa shape index (κ3) is 3.58. The molecular weight excluding hydrogens is 368 g/mol. The molecular formula is C15H19FIN3. The van der Waals surface area contributed by atoms with Gasteiger partial charge < -0.3 is 5.32 Å². The fraction of sp³-hybridized carbons (Fsp3) is 0.400. The summed E-state index contributed by atoms with van der Waals surface area (Å²) in [5, 5.41) is 7.86. The summed E-state index contributed by atoms with van der Waals surface area (Å²) in [6.07, 6.45) is 4.99. The summed E-state index contributed by atoms with van der Waals surface area (Å²) in [6.45, 7) is 5.96. The Balaban J connectivity index is 2.35. The molecule has 0 spiro atoms. The topological polar surface area (TPSA) is 29.9 Å². The van der Waals surface area contributed by atoms with Gasteiger partial charge in [-0.1, -0.05) is 13.0 Å². The van der Waals surface area contributed by atoms with E-state index in [-0.39, 0.29) is 11.9 Å². The number of rotatable bonds is 6. The first-order valence-corrected chi connectivity index (χ1v) is 7.94. The zero-order valence-corrected chi connectivity index (χ0v) is 13.9. The molecule has 0 aliphatic carbocycles. The molecule has 3 nitrogen and oxygen atoms in total. The van der Waals surface area contributed by atoms with Gasteiger partial charge in [0, 0.05) is 21.9 Å². The smallest absolute Gasteiger partial charge is 0.124 e. The molecule has 5 heteroatoms. The van der Waals surface area contributed by atoms with Crippen molar-refractivity contribution in [3.8, 4) is 0 Å². The van der Waals surface area contributed by atoms with Gasteiger partial charge in [-0.2, -0.15) is 5.10 Å². The average molecular weight is 387 g/mol. The van der Waals surface area contributed by atoms with Gasteiger partial charge in [-0.05, 0) is 60.2 Å². The third-order valence-corrected chi connectivity index (χ3v) is 4.12. The van der Waals surface area contributed by atoms with E-state index in [4.69, 9.17) is 0 Å². The Hall–Kier alpha value is -0.950. The molecule has 1 aromatic heterocycles. The maximum atomic E-state index is 13.3. The van der Waals surface area contributed by atoms with Crippen LogP contribution in [0, 0.1) is 9.39 Å². The highest BCUT2D eigenvalue weighted by Crippen LogP contribution is 2.26. The second-order valence-corrected chi connectivity index (χ2v) is 5.84. The van der Waals surface area contributed by atoms with Gasteiger partial charge in [0.05, 0.1) is 12.2 Å². The molecule has 1 heterocycles. The van der Waals surface area contributed by atoms with E-state index in [1.165, 1.54) is 6.07 Å². The zero-order valence-electron chi connectivity index (χ0n) is 11.7. The Morgan fingerprint density at radius 3 is 2.80 bits per heavy atom. The molecule has 20 heavy (non-hydrogen) atoms. The van der Waals surface area contributed by atoms with Gasteiger partial charge in [-0.3, -0.25) is 4.68 Å². The van der Waals surface area contributed by atoms with E-state index in [0.717, 1.165) is 34.2 Å². The van der Waals surface area contributed by atoms with Crippen molar-refractivity contribution in [2.24, 2.45) is 0 Å². The van der Waals surface area contributed by atoms with E-state index < -0.39 is 0 Å². The molecule has 108 valence electrons. The maximum absolute atomic E-state index is 13.3. The van der Waals surface area contributed by atoms with Crippen molar-refractivity contribution in [2.75, 3.05) is 6.54 Å². The summed E-state index contributed by atoms with van der Waals surface area (Å²) >= 11 is 2.19. The number of nitrogens with one attached hydrogen (secondary N) is 1. The number of hydrogen-bond donors (Lipinski definition) is 1. The van der Waals surface area contributed by atoms with Gasteiger partial charge >= 0.3 is 0 Å². The van der Waals surface area contributed by atoms with Crippen molar-refractivity contribution in [1.29, 1.82) is 0 Å². The van der Waals surface area contributed by atoms with Crippen molar-refractivity contribution >= 4 is 22.6 Å². The van der Waals surface area contributed by atoms with E-state index in [9.17, 15) is 4.39 Å². The molecule has 0 aliphatic heterocycles. The Morgan fingerprint density at radius 2 is 2.20 bits per heavy atom. The quantitative estimate of drug-likeness (QED) is 0.766. The van der Waals surface area contributed by atoms with Gasteiger partial charge in [0.2, 0.25) is 0 Å². The van der Waals surface area contributed by atoms with E-state index in [2.05, 4.69) is 46.9 Å². The number of benzene rings is 1. The largest absolute Gasteiger partial charge is 0.306 e. The van der Waals surface area contributed by atoms with Gasteiger partial charge in [0.1, 0.15) is 5.82 Å². The normalized spacial score (nSPS) is 12.6. The van der Waals surface area contributed by atoms with E-state index in [1.807, 2.05) is 23.1 Å². The molecule has 0 radical (unpaired) electrons. The number of aromatic nitrogens is 2. The van der Waals surface area contributed by atoms with Gasteiger partial charge in [-0.15, -0.1) is 0 Å². The van der Waals surface area contributed by atoms with E-state index in [1.54, 1.807) is 6.07 Å². The van der Waals surface area contributed by atoms with Crippen LogP contribution in [0.1, 0.15) is 37.4 Å². The average Bonchev–Trinajstić information content (AvgIpc) is 2.90. The first-order chi connectivity index (χ1) is 9.65. The molecule has 1 unspecified atom stereocenters. The molecule has 1 N–H and O–H groups in total. The minimum Gasteiger partial charge on any atom is -0.306 e. The Bertz CT molecular complexity index is 568. The fourth-order valence-electron chi connectivity index (χ4n) is 2.13. The maximum Gasteiger partial charge on any atom is 0.124 e. The second kappa shape index (κ2) is 7.17. The highest BCUT2D eigenvalue weighted by atomic mass is 127. The molecule has 0 bridgehead atoms. The molecule has 2 aromatic rings. The van der Waals surface area contributed by atoms with Crippen LogP contribution in [-0.4, -0.2) is 16.3 Å². The fourth-order valence-corrected chi connectivity index (χ4v) is 2.92. The van der Waals surface area contributed by atoms with Crippen molar-refractivity contribution in [2.45, 2.75) is 32.9 Å². The molecule has 0 aliphatic rings. The first-order valence-electron chi connectivity index (χ1n) is 6.86. The summed E-state index contributed by atoms with van der Waals surface area (Å²) in [5.41, 5.74) is 2.21. The lowest BCUT2D eigenvalue weighted by atomic mass is 10.0. The molecule has 1 aromatic carbocycles. The van der Waals surface area contributed by atoms with E-state index in [0.29, 0.717) is 0 Å². The number of aryl methyl sites for hydroxylation is 1. The van der Waals surface area contributed by atoms with Crippen LogP contribution in [0.25, 0.3) is 0 Å². The van der Waals surface area contributed by atoms with Gasteiger partial charge in [-0.25, -0.2) is 4.39 Å². The lowest BCUT2D eigenvalue weighted by Gasteiger charge is -2.19. The van der Waals surface area contributed by atoms with Crippen molar-refractivity contribution in [3.05, 3.63) is 51.1 Å². The standard InChI is InChI=1S/C15H19FIN3/c1-3-7-18-15(11-9-19-20(4-2)10-11)13-6-5-12(16)8-14(13)17/h5-6,8-10,15,18H,3-4,7H2,1-2H3. The summed E-state index contributed by atoms with van der Waals surface area (Å²) in [6, 6.07) is 5.00. The lowest BCUT2D eigenvalue weighted by molar-refractivity contribution is 0.588. The zero-order chi connectivity index (χ0) is 14.5. The highest BCUT2D eigenvalue weighted by molar-refractivity contribution is 14.1. The monoisotopic (exact) mass is 387 g/mol. The van der Waals surface area contributed by atoms with Crippen molar-refractivity contribution < 1.29 is 4.39 Å². The molecule has 2 rings (SSSR count). The van der Waals surface area contributed by atoms with Crippen LogP contribution in [0.4, 0.5) is 4.39 Å². The van der Waals surface area contributed by atoms with E-state index >= 15 is 0 Å². The number of halogens is 2. The summed E-state index contributed by atoms with van der Waals surface area (Å²) in [4.78, 5) is 0. The SMILES string of the molecule is CCCNC(c1cnn(CC)c1)c1ccc(F)cc1I. The predicted molar refractivity (Wildman–Crippen MR) is 87.2 cm³/mol. The van der Waals surface area contributed by atoms with Crippen LogP contribution in [0.15, 0.2) is 30.6 Å². The summed E-state index contributed by atoms with van der Waals surface area (Å²) in [7, 11) is 0. The second-order valence-electron chi connectivity index (χ2n) is 4.68. The van der Waals surface area contributed by atoms with Gasteiger partial charge in [0.15, 0.2) is 0 Å². The minimum atomic E-state index is -0.198. The summed E-state index contributed by atoms with van der Waals surface area (Å²) < 4.78 is 16.1. The van der Waals surface area contributed by atoms with Crippen molar-refractivity contribution in [1.82, 2.24) is 15.1 Å². The predicted octanol–water partition coefficient (Wildman–Crippen LogP) is 3.74. The van der Waals surface area contributed by atoms with Crippen LogP contribution in [0.2, 0.25) is 0 Å².